The van der Waals surface area contributed by atoms with Crippen molar-refractivity contribution >= 4 is 34.7 Å². The Labute approximate surface area is 185 Å². The van der Waals surface area contributed by atoms with Gasteiger partial charge in [-0.25, -0.2) is 9.59 Å². The molecule has 9 heteroatoms. The number of carbonyl (C=O) groups is 4. The fourth-order valence-corrected chi connectivity index (χ4v) is 4.27. The molecule has 168 valence electrons. The van der Waals surface area contributed by atoms with Gasteiger partial charge in [0.2, 0.25) is 5.91 Å². The highest BCUT2D eigenvalue weighted by Crippen LogP contribution is 2.33. The summed E-state index contributed by atoms with van der Waals surface area (Å²) in [7, 11) is 0. The third-order valence-corrected chi connectivity index (χ3v) is 6.06. The molecule has 1 unspecified atom stereocenters. The first-order valence-electron chi connectivity index (χ1n) is 10.7. The molecule has 1 atom stereocenters. The molecular weight excluding hydrogens is 412 g/mol. The summed E-state index contributed by atoms with van der Waals surface area (Å²) in [6.45, 7) is 4.68. The van der Waals surface area contributed by atoms with Gasteiger partial charge in [0.15, 0.2) is 0 Å². The quantitative estimate of drug-likeness (QED) is 0.736. The molecule has 2 aromatic rings. The van der Waals surface area contributed by atoms with E-state index in [0.717, 1.165) is 15.7 Å². The Bertz CT molecular complexity index is 1070. The second-order valence-corrected chi connectivity index (χ2v) is 8.04. The van der Waals surface area contributed by atoms with Crippen LogP contribution in [-0.4, -0.2) is 78.0 Å². The molecule has 0 aliphatic carbocycles. The number of amides is 5. The number of hydrogen-bond acceptors (Lipinski definition) is 5. The molecule has 0 spiro atoms. The summed E-state index contributed by atoms with van der Waals surface area (Å²) in [5.74, 6) is -0.795. The Morgan fingerprint density at radius 1 is 1.00 bits per heavy atom. The molecule has 2 heterocycles. The number of carbonyl (C=O) groups excluding carboxylic acids is 4. The average Bonchev–Trinajstić information content (AvgIpc) is 3.02. The molecule has 2 aromatic carbocycles. The van der Waals surface area contributed by atoms with Crippen LogP contribution >= 0.6 is 0 Å². The molecule has 2 saturated heterocycles. The lowest BCUT2D eigenvalue weighted by molar-refractivity contribution is -0.139. The first-order chi connectivity index (χ1) is 15.3. The Kier molecular flexibility index (Phi) is 5.73. The fourth-order valence-electron chi connectivity index (χ4n) is 4.27. The predicted octanol–water partition coefficient (Wildman–Crippen LogP) is 1.91. The molecule has 0 radical (unpaired) electrons. The van der Waals surface area contributed by atoms with Crippen molar-refractivity contribution in [1.82, 2.24) is 20.0 Å². The topological polar surface area (TPSA) is 99.3 Å². The maximum absolute atomic E-state index is 13.3. The Morgan fingerprint density at radius 2 is 1.66 bits per heavy atom. The fraction of sp³-hybridized carbons (Fsp3) is 0.391. The van der Waals surface area contributed by atoms with E-state index in [1.54, 1.807) is 23.6 Å². The maximum atomic E-state index is 13.3. The van der Waals surface area contributed by atoms with Crippen molar-refractivity contribution in [2.75, 3.05) is 39.3 Å². The van der Waals surface area contributed by atoms with E-state index in [2.05, 4.69) is 5.32 Å². The molecule has 2 fully saturated rings. The van der Waals surface area contributed by atoms with Crippen LogP contribution in [0, 0.1) is 0 Å². The van der Waals surface area contributed by atoms with Crippen molar-refractivity contribution < 1.29 is 23.9 Å². The van der Waals surface area contributed by atoms with E-state index in [9.17, 15) is 19.2 Å². The van der Waals surface area contributed by atoms with Gasteiger partial charge < -0.3 is 19.9 Å². The van der Waals surface area contributed by atoms with E-state index < -0.39 is 23.6 Å². The Morgan fingerprint density at radius 3 is 2.38 bits per heavy atom. The summed E-state index contributed by atoms with van der Waals surface area (Å²) >= 11 is 0. The van der Waals surface area contributed by atoms with Crippen LogP contribution in [0.3, 0.4) is 0 Å². The minimum absolute atomic E-state index is 0.291. The first-order valence-corrected chi connectivity index (χ1v) is 10.7. The molecule has 9 nitrogen and oxygen atoms in total. The van der Waals surface area contributed by atoms with Gasteiger partial charge in [0, 0.05) is 26.2 Å². The summed E-state index contributed by atoms with van der Waals surface area (Å²) in [4.78, 5) is 54.7. The van der Waals surface area contributed by atoms with Crippen molar-refractivity contribution in [3.8, 4) is 0 Å². The molecule has 0 saturated carbocycles. The van der Waals surface area contributed by atoms with E-state index in [1.165, 1.54) is 0 Å². The monoisotopic (exact) mass is 438 g/mol. The number of piperazine rings is 1. The van der Waals surface area contributed by atoms with E-state index in [0.29, 0.717) is 38.3 Å². The first kappa shape index (κ1) is 21.6. The molecule has 5 amide bonds. The zero-order valence-electron chi connectivity index (χ0n) is 18.2. The van der Waals surface area contributed by atoms with Crippen LogP contribution in [0.25, 0.3) is 10.8 Å². The zero-order valence-corrected chi connectivity index (χ0v) is 18.2. The van der Waals surface area contributed by atoms with Crippen LogP contribution in [0.15, 0.2) is 42.5 Å². The van der Waals surface area contributed by atoms with Crippen molar-refractivity contribution in [3.05, 3.63) is 48.0 Å². The SMILES string of the molecule is CCOC(=O)N1CCN(C(=O)CN2C(=O)NC(C)(c3cccc4ccccc34)C2=O)CC1. The van der Waals surface area contributed by atoms with Crippen LogP contribution in [0.1, 0.15) is 19.4 Å². The number of imide groups is 1. The number of nitrogens with zero attached hydrogens (tertiary/aromatic N) is 3. The molecule has 0 bridgehead atoms. The third-order valence-electron chi connectivity index (χ3n) is 6.06. The standard InChI is InChI=1S/C23H26N4O5/c1-3-32-22(31)26-13-11-25(12-14-26)19(28)15-27-20(29)23(2,24-21(27)30)18-10-6-8-16-7-4-5-9-17(16)18/h4-10H,3,11-15H2,1-2H3,(H,24,30). The second-order valence-electron chi connectivity index (χ2n) is 8.04. The molecule has 2 aliphatic heterocycles. The highest BCUT2D eigenvalue weighted by molar-refractivity contribution is 6.10. The van der Waals surface area contributed by atoms with Crippen molar-refractivity contribution in [3.63, 3.8) is 0 Å². The molecule has 32 heavy (non-hydrogen) atoms. The highest BCUT2D eigenvalue weighted by Gasteiger charge is 2.50. The minimum Gasteiger partial charge on any atom is -0.450 e. The molecule has 4 rings (SSSR count). The van der Waals surface area contributed by atoms with Gasteiger partial charge in [-0.2, -0.15) is 0 Å². The molecule has 1 N–H and O–H groups in total. The van der Waals surface area contributed by atoms with Gasteiger partial charge >= 0.3 is 12.1 Å². The van der Waals surface area contributed by atoms with E-state index in [-0.39, 0.29) is 12.5 Å². The van der Waals surface area contributed by atoms with Gasteiger partial charge in [-0.1, -0.05) is 42.5 Å². The number of fused-ring (bicyclic) bond motifs is 1. The van der Waals surface area contributed by atoms with Gasteiger partial charge in [0.25, 0.3) is 5.91 Å². The van der Waals surface area contributed by atoms with E-state index >= 15 is 0 Å². The van der Waals surface area contributed by atoms with Crippen LogP contribution in [0.4, 0.5) is 9.59 Å². The van der Waals surface area contributed by atoms with Gasteiger partial charge in [-0.3, -0.25) is 14.5 Å². The summed E-state index contributed by atoms with van der Waals surface area (Å²) in [5.41, 5.74) is -0.576. The molecule has 2 aliphatic rings. The number of ether oxygens (including phenoxy) is 1. The second kappa shape index (κ2) is 8.49. The largest absolute Gasteiger partial charge is 0.450 e. The van der Waals surface area contributed by atoms with Crippen molar-refractivity contribution in [2.45, 2.75) is 19.4 Å². The highest BCUT2D eigenvalue weighted by atomic mass is 16.6. The van der Waals surface area contributed by atoms with Crippen LogP contribution in [0.5, 0.6) is 0 Å². The number of benzene rings is 2. The summed E-state index contributed by atoms with van der Waals surface area (Å²) < 4.78 is 4.99. The van der Waals surface area contributed by atoms with E-state index in [1.807, 2.05) is 42.5 Å². The zero-order chi connectivity index (χ0) is 22.9. The molecule has 0 aromatic heterocycles. The van der Waals surface area contributed by atoms with Crippen LogP contribution < -0.4 is 5.32 Å². The lowest BCUT2D eigenvalue weighted by Crippen LogP contribution is -2.53. The van der Waals surface area contributed by atoms with Gasteiger partial charge in [0.05, 0.1) is 6.61 Å². The Balaban J connectivity index is 1.47. The lowest BCUT2D eigenvalue weighted by Gasteiger charge is -2.34. The summed E-state index contributed by atoms with van der Waals surface area (Å²) in [6.07, 6.45) is -0.403. The summed E-state index contributed by atoms with van der Waals surface area (Å²) in [5, 5.41) is 4.61. The predicted molar refractivity (Wildman–Crippen MR) is 117 cm³/mol. The number of hydrogen-bond donors (Lipinski definition) is 1. The molecular formula is C23H26N4O5. The average molecular weight is 438 g/mol. The smallest absolute Gasteiger partial charge is 0.409 e. The Hall–Kier alpha value is -3.62. The maximum Gasteiger partial charge on any atom is 0.409 e. The number of nitrogens with one attached hydrogen (secondary N) is 1. The van der Waals surface area contributed by atoms with Crippen LogP contribution in [-0.2, 0) is 19.9 Å². The van der Waals surface area contributed by atoms with Gasteiger partial charge in [0.1, 0.15) is 12.1 Å². The van der Waals surface area contributed by atoms with Gasteiger partial charge in [-0.05, 0) is 30.2 Å². The van der Waals surface area contributed by atoms with Crippen LogP contribution in [0.2, 0.25) is 0 Å². The minimum atomic E-state index is -1.26. The number of urea groups is 1. The van der Waals surface area contributed by atoms with E-state index in [4.69, 9.17) is 4.74 Å². The van der Waals surface area contributed by atoms with Crippen molar-refractivity contribution in [1.29, 1.82) is 0 Å². The third kappa shape index (κ3) is 3.74. The normalized spacial score (nSPS) is 21.1. The van der Waals surface area contributed by atoms with Gasteiger partial charge in [-0.15, -0.1) is 0 Å². The lowest BCUT2D eigenvalue weighted by atomic mass is 9.88. The number of rotatable bonds is 4. The summed E-state index contributed by atoms with van der Waals surface area (Å²) in [6, 6.07) is 12.7. The van der Waals surface area contributed by atoms with Crippen molar-refractivity contribution in [2.24, 2.45) is 0 Å².